The largest absolute Gasteiger partial charge is 0.469 e. The van der Waals surface area contributed by atoms with Gasteiger partial charge in [-0.25, -0.2) is 4.79 Å². The van der Waals surface area contributed by atoms with Crippen LogP contribution in [0.3, 0.4) is 0 Å². The lowest BCUT2D eigenvalue weighted by Crippen LogP contribution is -2.13. The van der Waals surface area contributed by atoms with Crippen LogP contribution in [-0.4, -0.2) is 31.9 Å². The molecule has 0 bridgehead atoms. The standard InChI is InChI=1S/C16H20O4S/c1-19-14(17)9-16(7-8-16)11-21-10-12-5-3-4-6-13(12)15(18)20-2/h3-6H,7-11H2,1-2H3. The lowest BCUT2D eigenvalue weighted by atomic mass is 10.1. The van der Waals surface area contributed by atoms with Crippen molar-refractivity contribution >= 4 is 23.7 Å². The lowest BCUT2D eigenvalue weighted by molar-refractivity contribution is -0.141. The fraction of sp³-hybridized carbons (Fsp3) is 0.500. The Kier molecular flexibility index (Phi) is 5.28. The summed E-state index contributed by atoms with van der Waals surface area (Å²) in [4.78, 5) is 23.1. The molecule has 0 saturated heterocycles. The minimum absolute atomic E-state index is 0.109. The number of methoxy groups -OCH3 is 2. The van der Waals surface area contributed by atoms with Gasteiger partial charge in [0.15, 0.2) is 0 Å². The number of hydrogen-bond acceptors (Lipinski definition) is 5. The maximum Gasteiger partial charge on any atom is 0.338 e. The number of hydrogen-bond donors (Lipinski definition) is 0. The zero-order chi connectivity index (χ0) is 15.3. The molecule has 0 spiro atoms. The van der Waals surface area contributed by atoms with Gasteiger partial charge in [0.1, 0.15) is 0 Å². The molecule has 1 aromatic carbocycles. The Morgan fingerprint density at radius 2 is 1.90 bits per heavy atom. The van der Waals surface area contributed by atoms with Gasteiger partial charge in [0.25, 0.3) is 0 Å². The predicted octanol–water partition coefficient (Wildman–Crippen LogP) is 3.05. The quantitative estimate of drug-likeness (QED) is 0.725. The van der Waals surface area contributed by atoms with Crippen LogP contribution in [0.1, 0.15) is 35.2 Å². The van der Waals surface area contributed by atoms with Gasteiger partial charge in [-0.1, -0.05) is 18.2 Å². The zero-order valence-electron chi connectivity index (χ0n) is 12.4. The Morgan fingerprint density at radius 1 is 1.19 bits per heavy atom. The minimum Gasteiger partial charge on any atom is -0.469 e. The fourth-order valence-corrected chi connectivity index (χ4v) is 3.66. The number of benzene rings is 1. The van der Waals surface area contributed by atoms with E-state index in [1.165, 1.54) is 14.2 Å². The summed E-state index contributed by atoms with van der Waals surface area (Å²) in [6, 6.07) is 7.48. The van der Waals surface area contributed by atoms with Crippen LogP contribution in [-0.2, 0) is 20.0 Å². The average Bonchev–Trinajstić information content (AvgIpc) is 3.26. The molecule has 21 heavy (non-hydrogen) atoms. The van der Waals surface area contributed by atoms with Crippen molar-refractivity contribution in [3.63, 3.8) is 0 Å². The van der Waals surface area contributed by atoms with Crippen molar-refractivity contribution in [3.8, 4) is 0 Å². The van der Waals surface area contributed by atoms with E-state index in [0.29, 0.717) is 12.0 Å². The van der Waals surface area contributed by atoms with Crippen LogP contribution in [0.4, 0.5) is 0 Å². The first-order valence-electron chi connectivity index (χ1n) is 6.91. The maximum absolute atomic E-state index is 11.7. The number of carbonyl (C=O) groups excluding carboxylic acids is 2. The van der Waals surface area contributed by atoms with Gasteiger partial charge in [-0.05, 0) is 35.6 Å². The molecule has 0 aliphatic heterocycles. The van der Waals surface area contributed by atoms with Crippen molar-refractivity contribution in [1.29, 1.82) is 0 Å². The highest BCUT2D eigenvalue weighted by atomic mass is 32.2. The molecule has 1 saturated carbocycles. The molecule has 5 heteroatoms. The van der Waals surface area contributed by atoms with Gasteiger partial charge in [0.05, 0.1) is 26.2 Å². The topological polar surface area (TPSA) is 52.6 Å². The second-order valence-electron chi connectivity index (χ2n) is 5.39. The van der Waals surface area contributed by atoms with Gasteiger partial charge in [-0.15, -0.1) is 0 Å². The molecule has 0 atom stereocenters. The van der Waals surface area contributed by atoms with Gasteiger partial charge in [0.2, 0.25) is 0 Å². The molecular formula is C16H20O4S. The number of rotatable bonds is 7. The summed E-state index contributed by atoms with van der Waals surface area (Å²) < 4.78 is 9.54. The van der Waals surface area contributed by atoms with Crippen LogP contribution >= 0.6 is 11.8 Å². The van der Waals surface area contributed by atoms with Crippen LogP contribution in [0.25, 0.3) is 0 Å². The molecular weight excluding hydrogens is 288 g/mol. The normalized spacial score (nSPS) is 15.3. The van der Waals surface area contributed by atoms with Crippen LogP contribution in [0.5, 0.6) is 0 Å². The van der Waals surface area contributed by atoms with Crippen LogP contribution in [0.2, 0.25) is 0 Å². The molecule has 0 unspecified atom stereocenters. The molecule has 1 aliphatic carbocycles. The average molecular weight is 308 g/mol. The predicted molar refractivity (Wildman–Crippen MR) is 82.2 cm³/mol. The zero-order valence-corrected chi connectivity index (χ0v) is 13.2. The molecule has 0 aromatic heterocycles. The summed E-state index contributed by atoms with van der Waals surface area (Å²) in [6.07, 6.45) is 2.65. The van der Waals surface area contributed by atoms with E-state index in [0.717, 1.165) is 29.9 Å². The number of esters is 2. The van der Waals surface area contributed by atoms with E-state index in [-0.39, 0.29) is 17.4 Å². The van der Waals surface area contributed by atoms with E-state index in [9.17, 15) is 9.59 Å². The monoisotopic (exact) mass is 308 g/mol. The van der Waals surface area contributed by atoms with E-state index in [4.69, 9.17) is 9.47 Å². The number of carbonyl (C=O) groups is 2. The Labute approximate surface area is 129 Å². The molecule has 1 fully saturated rings. The van der Waals surface area contributed by atoms with Gasteiger partial charge in [-0.3, -0.25) is 4.79 Å². The Hall–Kier alpha value is -1.49. The minimum atomic E-state index is -0.304. The van der Waals surface area contributed by atoms with E-state index in [2.05, 4.69) is 0 Å². The fourth-order valence-electron chi connectivity index (χ4n) is 2.26. The third-order valence-electron chi connectivity index (χ3n) is 3.79. The second kappa shape index (κ2) is 6.98. The first kappa shape index (κ1) is 15.9. The summed E-state index contributed by atoms with van der Waals surface area (Å²) in [6.45, 7) is 0. The van der Waals surface area contributed by atoms with Crippen molar-refractivity contribution in [3.05, 3.63) is 35.4 Å². The molecule has 4 nitrogen and oxygen atoms in total. The molecule has 114 valence electrons. The van der Waals surface area contributed by atoms with Crippen molar-refractivity contribution < 1.29 is 19.1 Å². The SMILES string of the molecule is COC(=O)CC1(CSCc2ccccc2C(=O)OC)CC1. The maximum atomic E-state index is 11.7. The lowest BCUT2D eigenvalue weighted by Gasteiger charge is -2.14. The number of ether oxygens (including phenoxy) is 2. The van der Waals surface area contributed by atoms with E-state index >= 15 is 0 Å². The smallest absolute Gasteiger partial charge is 0.338 e. The second-order valence-corrected chi connectivity index (χ2v) is 6.38. The van der Waals surface area contributed by atoms with Crippen LogP contribution in [0.15, 0.2) is 24.3 Å². The number of thioether (sulfide) groups is 1. The molecule has 0 amide bonds. The highest BCUT2D eigenvalue weighted by Gasteiger charge is 2.44. The first-order chi connectivity index (χ1) is 10.1. The van der Waals surface area contributed by atoms with E-state index in [1.54, 1.807) is 17.8 Å². The van der Waals surface area contributed by atoms with E-state index in [1.807, 2.05) is 18.2 Å². The van der Waals surface area contributed by atoms with Crippen molar-refractivity contribution in [2.45, 2.75) is 25.0 Å². The summed E-state index contributed by atoms with van der Waals surface area (Å²) in [5.41, 5.74) is 1.70. The Morgan fingerprint density at radius 3 is 2.52 bits per heavy atom. The summed E-state index contributed by atoms with van der Waals surface area (Å²) in [5, 5.41) is 0. The summed E-state index contributed by atoms with van der Waals surface area (Å²) >= 11 is 1.75. The molecule has 2 rings (SSSR count). The Bertz CT molecular complexity index is 523. The highest BCUT2D eigenvalue weighted by Crippen LogP contribution is 2.51. The summed E-state index contributed by atoms with van der Waals surface area (Å²) in [5.74, 6) is 1.22. The molecule has 1 aliphatic rings. The third kappa shape index (κ3) is 4.24. The molecule has 0 N–H and O–H groups in total. The summed E-state index contributed by atoms with van der Waals surface area (Å²) in [7, 11) is 2.82. The molecule has 1 aromatic rings. The van der Waals surface area contributed by atoms with Gasteiger partial charge in [0, 0.05) is 5.75 Å². The third-order valence-corrected chi connectivity index (χ3v) is 5.12. The molecule has 0 heterocycles. The Balaban J connectivity index is 1.89. The van der Waals surface area contributed by atoms with Crippen molar-refractivity contribution in [2.24, 2.45) is 5.41 Å². The molecule has 0 radical (unpaired) electrons. The van der Waals surface area contributed by atoms with Crippen molar-refractivity contribution in [1.82, 2.24) is 0 Å². The van der Waals surface area contributed by atoms with E-state index < -0.39 is 0 Å². The van der Waals surface area contributed by atoms with Gasteiger partial charge >= 0.3 is 11.9 Å². The van der Waals surface area contributed by atoms with Crippen molar-refractivity contribution in [2.75, 3.05) is 20.0 Å². The van der Waals surface area contributed by atoms with Crippen LogP contribution in [0, 0.1) is 5.41 Å². The first-order valence-corrected chi connectivity index (χ1v) is 8.06. The van der Waals surface area contributed by atoms with Gasteiger partial charge in [-0.2, -0.15) is 11.8 Å². The highest BCUT2D eigenvalue weighted by molar-refractivity contribution is 7.98. The van der Waals surface area contributed by atoms with Crippen LogP contribution < -0.4 is 0 Å². The van der Waals surface area contributed by atoms with Gasteiger partial charge < -0.3 is 9.47 Å².